The monoisotopic (exact) mass is 205 g/mol. The Balaban J connectivity index is 2.78. The molecule has 1 aliphatic heterocycles. The summed E-state index contributed by atoms with van der Waals surface area (Å²) in [6.45, 7) is 2.39. The zero-order valence-electron chi connectivity index (χ0n) is 6.78. The highest BCUT2D eigenvalue weighted by Gasteiger charge is 2.46. The van der Waals surface area contributed by atoms with E-state index in [2.05, 4.69) is 25.3 Å². The Morgan fingerprint density at radius 1 is 1.50 bits per heavy atom. The maximum atomic E-state index is 11.4. The Hall–Kier alpha value is -0.160. The number of amides is 2. The molecule has 12 heavy (non-hydrogen) atoms. The summed E-state index contributed by atoms with van der Waals surface area (Å²) in [7, 11) is 0. The molecule has 0 bridgehead atoms. The number of imide groups is 1. The van der Waals surface area contributed by atoms with Gasteiger partial charge < -0.3 is 0 Å². The van der Waals surface area contributed by atoms with Crippen molar-refractivity contribution < 1.29 is 9.59 Å². The minimum Gasteiger partial charge on any atom is -0.281 e. The lowest BCUT2D eigenvalue weighted by Crippen LogP contribution is -2.34. The molecule has 0 saturated carbocycles. The highest BCUT2D eigenvalue weighted by Crippen LogP contribution is 2.33. The first-order valence-corrected chi connectivity index (χ1v) is 4.68. The van der Waals surface area contributed by atoms with Crippen molar-refractivity contribution in [3.8, 4) is 0 Å². The molecular formula is C7H11NO2S2. The second-order valence-electron chi connectivity index (χ2n) is 2.84. The van der Waals surface area contributed by atoms with Crippen LogP contribution >= 0.6 is 25.3 Å². The third-order valence-electron chi connectivity index (χ3n) is 1.73. The first-order chi connectivity index (χ1) is 5.49. The topological polar surface area (TPSA) is 37.4 Å². The number of carbonyl (C=O) groups is 2. The number of thiol groups is 2. The summed E-state index contributed by atoms with van der Waals surface area (Å²) in [5, 5.41) is 0. The van der Waals surface area contributed by atoms with Gasteiger partial charge in [0.15, 0.2) is 0 Å². The number of rotatable bonds is 2. The summed E-state index contributed by atoms with van der Waals surface area (Å²) in [6, 6.07) is 0. The van der Waals surface area contributed by atoms with E-state index in [1.165, 1.54) is 4.90 Å². The van der Waals surface area contributed by atoms with Crippen molar-refractivity contribution in [2.75, 3.05) is 6.54 Å². The molecule has 0 spiro atoms. The van der Waals surface area contributed by atoms with Gasteiger partial charge in [-0.1, -0.05) is 6.92 Å². The van der Waals surface area contributed by atoms with Crippen LogP contribution in [-0.2, 0) is 9.59 Å². The van der Waals surface area contributed by atoms with E-state index in [-0.39, 0.29) is 18.2 Å². The average molecular weight is 205 g/mol. The fourth-order valence-electron chi connectivity index (χ4n) is 1.16. The van der Waals surface area contributed by atoms with Gasteiger partial charge in [0.25, 0.3) is 5.91 Å². The number of hydrogen-bond acceptors (Lipinski definition) is 4. The third-order valence-corrected chi connectivity index (χ3v) is 2.43. The summed E-state index contributed by atoms with van der Waals surface area (Å²) in [4.78, 5) is 23.8. The van der Waals surface area contributed by atoms with E-state index in [4.69, 9.17) is 0 Å². The predicted molar refractivity (Wildman–Crippen MR) is 52.3 cm³/mol. The largest absolute Gasteiger partial charge is 0.281 e. The molecule has 0 N–H and O–H groups in total. The summed E-state index contributed by atoms with van der Waals surface area (Å²) in [5.41, 5.74) is 0. The molecule has 0 atom stereocenters. The molecule has 3 nitrogen and oxygen atoms in total. The van der Waals surface area contributed by atoms with Gasteiger partial charge in [-0.3, -0.25) is 14.5 Å². The summed E-state index contributed by atoms with van der Waals surface area (Å²) < 4.78 is -1.08. The van der Waals surface area contributed by atoms with Crippen molar-refractivity contribution in [3.05, 3.63) is 0 Å². The Kier molecular flexibility index (Phi) is 2.73. The minimum atomic E-state index is -1.08. The molecule has 0 aromatic rings. The van der Waals surface area contributed by atoms with Crippen LogP contribution < -0.4 is 0 Å². The van der Waals surface area contributed by atoms with Crippen LogP contribution in [0.5, 0.6) is 0 Å². The van der Waals surface area contributed by atoms with Crippen molar-refractivity contribution in [3.63, 3.8) is 0 Å². The lowest BCUT2D eigenvalue weighted by Gasteiger charge is -2.15. The van der Waals surface area contributed by atoms with Crippen molar-refractivity contribution >= 4 is 37.1 Å². The molecule has 0 aliphatic carbocycles. The van der Waals surface area contributed by atoms with Crippen LogP contribution in [0.3, 0.4) is 0 Å². The molecule has 0 radical (unpaired) electrons. The summed E-state index contributed by atoms with van der Waals surface area (Å²) >= 11 is 8.02. The molecule has 1 rings (SSSR count). The molecule has 1 heterocycles. The molecule has 0 aromatic carbocycles. The highest BCUT2D eigenvalue weighted by molar-refractivity contribution is 8.02. The molecule has 0 unspecified atom stereocenters. The molecule has 0 aromatic heterocycles. The van der Waals surface area contributed by atoms with Gasteiger partial charge in [-0.15, -0.1) is 0 Å². The van der Waals surface area contributed by atoms with Gasteiger partial charge in [0.05, 0.1) is 6.42 Å². The number of carbonyl (C=O) groups excluding carboxylic acids is 2. The van der Waals surface area contributed by atoms with Gasteiger partial charge in [0.2, 0.25) is 5.91 Å². The fourth-order valence-corrected chi connectivity index (χ4v) is 1.67. The molecule has 5 heteroatoms. The van der Waals surface area contributed by atoms with Crippen molar-refractivity contribution in [2.24, 2.45) is 0 Å². The predicted octanol–water partition coefficient (Wildman–Crippen LogP) is 0.711. The summed E-state index contributed by atoms with van der Waals surface area (Å²) in [6.07, 6.45) is 0.868. The molecule has 1 aliphatic rings. The molecular weight excluding hydrogens is 194 g/mol. The minimum absolute atomic E-state index is 0.0953. The first-order valence-electron chi connectivity index (χ1n) is 3.78. The van der Waals surface area contributed by atoms with Crippen LogP contribution in [-0.4, -0.2) is 27.3 Å². The quantitative estimate of drug-likeness (QED) is 0.396. The van der Waals surface area contributed by atoms with Gasteiger partial charge in [-0.05, 0) is 6.42 Å². The molecule has 2 amide bonds. The van der Waals surface area contributed by atoms with Gasteiger partial charge in [-0.25, -0.2) is 0 Å². The maximum Gasteiger partial charge on any atom is 0.255 e. The lowest BCUT2D eigenvalue weighted by atomic mass is 10.3. The van der Waals surface area contributed by atoms with Crippen LogP contribution in [0.4, 0.5) is 0 Å². The van der Waals surface area contributed by atoms with E-state index in [0.29, 0.717) is 6.54 Å². The zero-order valence-corrected chi connectivity index (χ0v) is 8.57. The number of likely N-dealkylation sites (tertiary alicyclic amines) is 1. The Labute approximate surface area is 82.3 Å². The Morgan fingerprint density at radius 2 is 2.08 bits per heavy atom. The molecule has 1 fully saturated rings. The second kappa shape index (κ2) is 3.30. The SMILES string of the molecule is CCCN1C(=O)CC(S)(S)C1=O. The smallest absolute Gasteiger partial charge is 0.255 e. The molecule has 68 valence electrons. The zero-order chi connectivity index (χ0) is 9.35. The molecule has 1 saturated heterocycles. The fraction of sp³-hybridized carbons (Fsp3) is 0.714. The van der Waals surface area contributed by atoms with Crippen LogP contribution in [0.2, 0.25) is 0 Å². The van der Waals surface area contributed by atoms with Crippen LogP contribution in [0.25, 0.3) is 0 Å². The second-order valence-corrected chi connectivity index (χ2v) is 4.72. The van der Waals surface area contributed by atoms with Gasteiger partial charge in [-0.2, -0.15) is 25.3 Å². The van der Waals surface area contributed by atoms with Crippen LogP contribution in [0, 0.1) is 0 Å². The Morgan fingerprint density at radius 3 is 2.42 bits per heavy atom. The van der Waals surface area contributed by atoms with Crippen LogP contribution in [0.1, 0.15) is 19.8 Å². The van der Waals surface area contributed by atoms with E-state index in [1.807, 2.05) is 6.92 Å². The highest BCUT2D eigenvalue weighted by atomic mass is 32.2. The Bertz CT molecular complexity index is 227. The van der Waals surface area contributed by atoms with Gasteiger partial charge in [0, 0.05) is 6.54 Å². The van der Waals surface area contributed by atoms with Crippen molar-refractivity contribution in [2.45, 2.75) is 23.8 Å². The van der Waals surface area contributed by atoms with Crippen molar-refractivity contribution in [1.29, 1.82) is 0 Å². The normalized spacial score (nSPS) is 22.1. The van der Waals surface area contributed by atoms with E-state index in [1.54, 1.807) is 0 Å². The van der Waals surface area contributed by atoms with E-state index in [9.17, 15) is 9.59 Å². The van der Waals surface area contributed by atoms with Gasteiger partial charge >= 0.3 is 0 Å². The number of nitrogens with zero attached hydrogens (tertiary/aromatic N) is 1. The van der Waals surface area contributed by atoms with E-state index >= 15 is 0 Å². The standard InChI is InChI=1S/C7H11NO2S2/c1-2-3-8-5(9)4-7(11,12)6(8)10/h11-12H,2-4H2,1H3. The van der Waals surface area contributed by atoms with E-state index < -0.39 is 4.08 Å². The lowest BCUT2D eigenvalue weighted by molar-refractivity contribution is -0.138. The number of hydrogen-bond donors (Lipinski definition) is 2. The summed E-state index contributed by atoms with van der Waals surface area (Å²) in [5.74, 6) is -0.465. The maximum absolute atomic E-state index is 11.4. The van der Waals surface area contributed by atoms with Crippen molar-refractivity contribution in [1.82, 2.24) is 4.90 Å². The average Bonchev–Trinajstić information content (AvgIpc) is 2.13. The van der Waals surface area contributed by atoms with Crippen LogP contribution in [0.15, 0.2) is 0 Å². The van der Waals surface area contributed by atoms with Gasteiger partial charge in [0.1, 0.15) is 4.08 Å². The first kappa shape index (κ1) is 9.92. The van der Waals surface area contributed by atoms with E-state index in [0.717, 1.165) is 6.42 Å². The third kappa shape index (κ3) is 1.61.